The highest BCUT2D eigenvalue weighted by molar-refractivity contribution is 6.11. The van der Waals surface area contributed by atoms with Crippen LogP contribution in [0.1, 0.15) is 11.1 Å². The zero-order valence-corrected chi connectivity index (χ0v) is 10.2. The first-order chi connectivity index (χ1) is 9.09. The Kier molecular flexibility index (Phi) is 3.47. The van der Waals surface area contributed by atoms with E-state index < -0.39 is 0 Å². The van der Waals surface area contributed by atoms with Crippen molar-refractivity contribution in [1.29, 1.82) is 5.41 Å². The Balaban J connectivity index is 2.34. The minimum atomic E-state index is -0.121. The molecule has 96 valence electrons. The van der Waals surface area contributed by atoms with Crippen molar-refractivity contribution in [3.63, 3.8) is 0 Å². The van der Waals surface area contributed by atoms with E-state index in [0.29, 0.717) is 11.1 Å². The third-order valence-electron chi connectivity index (χ3n) is 2.62. The van der Waals surface area contributed by atoms with Gasteiger partial charge in [-0.2, -0.15) is 0 Å². The van der Waals surface area contributed by atoms with Crippen LogP contribution in [0.3, 0.4) is 0 Å². The average Bonchev–Trinajstić information content (AvgIpc) is 2.42. The van der Waals surface area contributed by atoms with Gasteiger partial charge in [0.2, 0.25) is 0 Å². The van der Waals surface area contributed by atoms with Crippen LogP contribution in [0.4, 0.5) is 5.69 Å². The zero-order chi connectivity index (χ0) is 13.8. The van der Waals surface area contributed by atoms with Crippen molar-refractivity contribution >= 4 is 17.4 Å². The van der Waals surface area contributed by atoms with Gasteiger partial charge in [-0.05, 0) is 12.1 Å². The van der Waals surface area contributed by atoms with Gasteiger partial charge in [-0.25, -0.2) is 4.99 Å². The first kappa shape index (κ1) is 12.6. The highest BCUT2D eigenvalue weighted by Gasteiger charge is 2.09. The van der Waals surface area contributed by atoms with Gasteiger partial charge < -0.3 is 16.6 Å². The number of hydrogen-bond donors (Lipinski definition) is 4. The molecule has 0 unspecified atom stereocenters. The van der Waals surface area contributed by atoms with Crippen LogP contribution in [0, 0.1) is 5.41 Å². The van der Waals surface area contributed by atoms with Crippen molar-refractivity contribution < 1.29 is 5.11 Å². The predicted octanol–water partition coefficient (Wildman–Crippen LogP) is 1.71. The number of para-hydroxylation sites is 1. The van der Waals surface area contributed by atoms with Crippen LogP contribution in [0.25, 0.3) is 0 Å². The Morgan fingerprint density at radius 1 is 1.05 bits per heavy atom. The van der Waals surface area contributed by atoms with Gasteiger partial charge in [-0.1, -0.05) is 36.4 Å². The molecule has 0 aliphatic carbocycles. The van der Waals surface area contributed by atoms with Gasteiger partial charge >= 0.3 is 0 Å². The van der Waals surface area contributed by atoms with E-state index in [1.807, 2.05) is 18.2 Å². The summed E-state index contributed by atoms with van der Waals surface area (Å²) < 4.78 is 0. The van der Waals surface area contributed by atoms with E-state index >= 15 is 0 Å². The molecule has 2 aromatic rings. The lowest BCUT2D eigenvalue weighted by atomic mass is 10.1. The molecule has 0 spiro atoms. The fraction of sp³-hybridized carbons (Fsp3) is 0. The van der Waals surface area contributed by atoms with Gasteiger partial charge in [-0.15, -0.1) is 0 Å². The van der Waals surface area contributed by atoms with Crippen LogP contribution in [-0.2, 0) is 0 Å². The van der Waals surface area contributed by atoms with E-state index in [2.05, 4.69) is 4.99 Å². The van der Waals surface area contributed by atoms with Gasteiger partial charge in [0.15, 0.2) is 5.84 Å². The Morgan fingerprint density at radius 2 is 1.74 bits per heavy atom. The number of amidine groups is 2. The van der Waals surface area contributed by atoms with Gasteiger partial charge in [0, 0.05) is 5.56 Å². The highest BCUT2D eigenvalue weighted by atomic mass is 16.3. The molecule has 0 aliphatic heterocycles. The van der Waals surface area contributed by atoms with Crippen molar-refractivity contribution in [2.45, 2.75) is 0 Å². The first-order valence-electron chi connectivity index (χ1n) is 5.65. The van der Waals surface area contributed by atoms with Gasteiger partial charge in [0.05, 0.1) is 11.3 Å². The zero-order valence-electron chi connectivity index (χ0n) is 10.2. The molecule has 5 heteroatoms. The molecule has 0 radical (unpaired) electrons. The SMILES string of the molecule is N=C(/N=C(\N)c1cccc(N)c1O)c1ccccc1. The van der Waals surface area contributed by atoms with Crippen LogP contribution in [0.2, 0.25) is 0 Å². The number of benzene rings is 2. The molecule has 0 saturated heterocycles. The smallest absolute Gasteiger partial charge is 0.154 e. The van der Waals surface area contributed by atoms with Crippen molar-refractivity contribution in [2.75, 3.05) is 5.73 Å². The topological polar surface area (TPSA) is 108 Å². The summed E-state index contributed by atoms with van der Waals surface area (Å²) in [4.78, 5) is 3.98. The summed E-state index contributed by atoms with van der Waals surface area (Å²) in [5.41, 5.74) is 12.6. The number of nitrogens with two attached hydrogens (primary N) is 2. The number of aromatic hydroxyl groups is 1. The van der Waals surface area contributed by atoms with E-state index in [1.54, 1.807) is 30.3 Å². The summed E-state index contributed by atoms with van der Waals surface area (Å²) in [6.45, 7) is 0. The molecule has 0 saturated carbocycles. The Bertz CT molecular complexity index is 635. The Hall–Kier alpha value is -2.82. The Labute approximate surface area is 110 Å². The maximum Gasteiger partial charge on any atom is 0.154 e. The van der Waals surface area contributed by atoms with Crippen molar-refractivity contribution in [3.05, 3.63) is 59.7 Å². The minimum Gasteiger partial charge on any atom is -0.505 e. The quantitative estimate of drug-likeness (QED) is 0.283. The summed E-state index contributed by atoms with van der Waals surface area (Å²) in [5, 5.41) is 17.6. The first-order valence-corrected chi connectivity index (χ1v) is 5.65. The summed E-state index contributed by atoms with van der Waals surface area (Å²) in [6.07, 6.45) is 0. The summed E-state index contributed by atoms with van der Waals surface area (Å²) in [6, 6.07) is 13.8. The standard InChI is InChI=1S/C14H14N4O/c15-11-8-4-7-10(12(11)19)14(17)18-13(16)9-5-2-1-3-6-9/h1-8,19H,15H2,(H3,16,17,18). The second-order valence-electron chi connectivity index (χ2n) is 3.96. The number of nitrogens with one attached hydrogen (secondary N) is 1. The van der Waals surface area contributed by atoms with E-state index in [4.69, 9.17) is 16.9 Å². The maximum atomic E-state index is 9.80. The van der Waals surface area contributed by atoms with E-state index in [9.17, 15) is 5.11 Å². The van der Waals surface area contributed by atoms with Crippen LogP contribution >= 0.6 is 0 Å². The molecular formula is C14H14N4O. The second-order valence-corrected chi connectivity index (χ2v) is 3.96. The summed E-state index contributed by atoms with van der Waals surface area (Å²) in [7, 11) is 0. The molecule has 0 heterocycles. The molecule has 6 N–H and O–H groups in total. The molecule has 5 nitrogen and oxygen atoms in total. The molecule has 0 atom stereocenters. The van der Waals surface area contributed by atoms with Crippen LogP contribution in [0.5, 0.6) is 5.75 Å². The predicted molar refractivity (Wildman–Crippen MR) is 76.5 cm³/mol. The van der Waals surface area contributed by atoms with Crippen molar-refractivity contribution in [1.82, 2.24) is 0 Å². The van der Waals surface area contributed by atoms with Crippen molar-refractivity contribution in [2.24, 2.45) is 10.7 Å². The largest absolute Gasteiger partial charge is 0.505 e. The molecule has 19 heavy (non-hydrogen) atoms. The monoisotopic (exact) mass is 254 g/mol. The minimum absolute atomic E-state index is 0.0277. The Morgan fingerprint density at radius 3 is 2.42 bits per heavy atom. The number of nitrogen functional groups attached to an aromatic ring is 1. The number of nitrogens with zero attached hydrogens (tertiary/aromatic N) is 1. The van der Waals surface area contributed by atoms with E-state index in [-0.39, 0.29) is 23.1 Å². The fourth-order valence-electron chi connectivity index (χ4n) is 1.61. The van der Waals surface area contributed by atoms with Crippen LogP contribution in [0.15, 0.2) is 53.5 Å². The molecule has 2 rings (SSSR count). The average molecular weight is 254 g/mol. The van der Waals surface area contributed by atoms with E-state index in [0.717, 1.165) is 0 Å². The lowest BCUT2D eigenvalue weighted by Gasteiger charge is -2.06. The number of aliphatic imine (C=N–C) groups is 1. The van der Waals surface area contributed by atoms with Crippen LogP contribution in [-0.4, -0.2) is 16.8 Å². The number of phenolic OH excluding ortho intramolecular Hbond substituents is 1. The molecule has 2 aromatic carbocycles. The third kappa shape index (κ3) is 2.71. The fourth-order valence-corrected chi connectivity index (χ4v) is 1.61. The molecular weight excluding hydrogens is 240 g/mol. The van der Waals surface area contributed by atoms with Gasteiger partial charge in [-0.3, -0.25) is 5.41 Å². The summed E-state index contributed by atoms with van der Waals surface area (Å²) >= 11 is 0. The van der Waals surface area contributed by atoms with Gasteiger partial charge in [0.1, 0.15) is 11.6 Å². The normalized spacial score (nSPS) is 11.3. The number of phenols is 1. The lowest BCUT2D eigenvalue weighted by Crippen LogP contribution is -2.16. The lowest BCUT2D eigenvalue weighted by molar-refractivity contribution is 0.477. The summed E-state index contributed by atoms with van der Waals surface area (Å²) in [5.74, 6) is -0.0387. The van der Waals surface area contributed by atoms with Gasteiger partial charge in [0.25, 0.3) is 0 Å². The third-order valence-corrected chi connectivity index (χ3v) is 2.62. The number of anilines is 1. The highest BCUT2D eigenvalue weighted by Crippen LogP contribution is 2.24. The van der Waals surface area contributed by atoms with Crippen molar-refractivity contribution in [3.8, 4) is 5.75 Å². The maximum absolute atomic E-state index is 9.80. The van der Waals surface area contributed by atoms with Crippen LogP contribution < -0.4 is 11.5 Å². The number of hydrogen-bond acceptors (Lipinski definition) is 3. The van der Waals surface area contributed by atoms with E-state index in [1.165, 1.54) is 0 Å². The molecule has 0 fully saturated rings. The molecule has 0 aromatic heterocycles. The molecule has 0 amide bonds. The molecule has 0 aliphatic rings. The second kappa shape index (κ2) is 5.22. The molecule has 0 bridgehead atoms. The number of rotatable bonds is 2.